The van der Waals surface area contributed by atoms with Gasteiger partial charge >= 0.3 is 6.18 Å². The van der Waals surface area contributed by atoms with Crippen molar-refractivity contribution in [1.82, 2.24) is 9.88 Å². The number of benzene rings is 1. The lowest BCUT2D eigenvalue weighted by atomic mass is 10.1. The number of aromatic nitrogens is 1. The van der Waals surface area contributed by atoms with E-state index in [0.29, 0.717) is 29.4 Å². The molecule has 1 aromatic carbocycles. The van der Waals surface area contributed by atoms with Crippen molar-refractivity contribution in [2.45, 2.75) is 31.5 Å². The summed E-state index contributed by atoms with van der Waals surface area (Å²) < 4.78 is 38.5. The second-order valence-corrected chi connectivity index (χ2v) is 6.88. The van der Waals surface area contributed by atoms with Gasteiger partial charge in [0.2, 0.25) is 5.91 Å². The molecule has 1 unspecified atom stereocenters. The molecule has 0 bridgehead atoms. The number of alkyl halides is 3. The third-order valence-electron chi connectivity index (χ3n) is 4.29. The summed E-state index contributed by atoms with van der Waals surface area (Å²) in [7, 11) is 0. The third-order valence-corrected chi connectivity index (χ3v) is 5.23. The SMILES string of the molecule is NCC1CCCN1C(=O)Cc1csc(-c2cccc(C(F)(F)F)c2)n1. The van der Waals surface area contributed by atoms with Crippen molar-refractivity contribution in [2.75, 3.05) is 13.1 Å². The number of hydrogen-bond donors (Lipinski definition) is 1. The lowest BCUT2D eigenvalue weighted by Crippen LogP contribution is -2.40. The second-order valence-electron chi connectivity index (χ2n) is 6.02. The predicted octanol–water partition coefficient (Wildman–Crippen LogP) is 3.32. The van der Waals surface area contributed by atoms with Crippen LogP contribution in [0, 0.1) is 0 Å². The minimum absolute atomic E-state index is 0.0335. The van der Waals surface area contributed by atoms with E-state index in [2.05, 4.69) is 4.98 Å². The quantitative estimate of drug-likeness (QED) is 0.899. The fourth-order valence-corrected chi connectivity index (χ4v) is 3.83. The maximum absolute atomic E-state index is 12.8. The smallest absolute Gasteiger partial charge is 0.338 e. The highest BCUT2D eigenvalue weighted by molar-refractivity contribution is 7.13. The van der Waals surface area contributed by atoms with E-state index in [9.17, 15) is 18.0 Å². The summed E-state index contributed by atoms with van der Waals surface area (Å²) in [6, 6.07) is 5.14. The van der Waals surface area contributed by atoms with Gasteiger partial charge in [0.15, 0.2) is 0 Å². The van der Waals surface area contributed by atoms with Crippen LogP contribution in [0.5, 0.6) is 0 Å². The van der Waals surface area contributed by atoms with Crippen LogP contribution in [0.3, 0.4) is 0 Å². The zero-order valence-electron chi connectivity index (χ0n) is 13.4. The number of halogens is 3. The first kappa shape index (κ1) is 17.9. The molecule has 2 heterocycles. The maximum atomic E-state index is 12.8. The van der Waals surface area contributed by atoms with Gasteiger partial charge < -0.3 is 10.6 Å². The van der Waals surface area contributed by atoms with Crippen LogP contribution in [0.25, 0.3) is 10.6 Å². The Morgan fingerprint density at radius 3 is 2.92 bits per heavy atom. The molecule has 134 valence electrons. The Kier molecular flexibility index (Phi) is 5.10. The standard InChI is InChI=1S/C17H18F3N3OS/c18-17(19,20)12-4-1-3-11(7-12)16-22-13(10-25-16)8-15(24)23-6-2-5-14(23)9-21/h1,3-4,7,10,14H,2,5-6,8-9,21H2. The van der Waals surface area contributed by atoms with E-state index in [1.165, 1.54) is 17.4 Å². The van der Waals surface area contributed by atoms with Crippen LogP contribution in [-0.2, 0) is 17.4 Å². The van der Waals surface area contributed by atoms with Gasteiger partial charge in [0.1, 0.15) is 5.01 Å². The number of carbonyl (C=O) groups is 1. The summed E-state index contributed by atoms with van der Waals surface area (Å²) in [5.74, 6) is -0.0335. The summed E-state index contributed by atoms with van der Waals surface area (Å²) in [5.41, 5.74) is 5.95. The summed E-state index contributed by atoms with van der Waals surface area (Å²) in [4.78, 5) is 18.5. The van der Waals surface area contributed by atoms with Crippen LogP contribution in [0.15, 0.2) is 29.6 Å². The molecule has 1 fully saturated rings. The molecule has 1 atom stereocenters. The molecule has 0 radical (unpaired) electrons. The van der Waals surface area contributed by atoms with E-state index in [0.717, 1.165) is 25.0 Å². The van der Waals surface area contributed by atoms with Crippen LogP contribution in [0.2, 0.25) is 0 Å². The summed E-state index contributed by atoms with van der Waals surface area (Å²) >= 11 is 1.24. The molecule has 1 aliphatic rings. The van der Waals surface area contributed by atoms with Gasteiger partial charge in [-0.05, 0) is 25.0 Å². The van der Waals surface area contributed by atoms with Gasteiger partial charge in [0.25, 0.3) is 0 Å². The number of nitrogens with zero attached hydrogens (tertiary/aromatic N) is 2. The van der Waals surface area contributed by atoms with Crippen LogP contribution >= 0.6 is 11.3 Å². The van der Waals surface area contributed by atoms with Crippen molar-refractivity contribution in [3.8, 4) is 10.6 Å². The maximum Gasteiger partial charge on any atom is 0.416 e. The Bertz CT molecular complexity index is 760. The molecular weight excluding hydrogens is 351 g/mol. The van der Waals surface area contributed by atoms with Crippen molar-refractivity contribution in [3.63, 3.8) is 0 Å². The molecular formula is C17H18F3N3OS. The molecule has 0 spiro atoms. The molecule has 3 rings (SSSR count). The normalized spacial score (nSPS) is 17.9. The summed E-state index contributed by atoms with van der Waals surface area (Å²) in [6.07, 6.45) is -2.39. The second kappa shape index (κ2) is 7.13. The number of carbonyl (C=O) groups excluding carboxylic acids is 1. The Labute approximate surface area is 147 Å². The van der Waals surface area contributed by atoms with Crippen molar-refractivity contribution >= 4 is 17.2 Å². The molecule has 1 aromatic heterocycles. The van der Waals surface area contributed by atoms with E-state index in [4.69, 9.17) is 5.73 Å². The van der Waals surface area contributed by atoms with E-state index in [-0.39, 0.29) is 18.4 Å². The van der Waals surface area contributed by atoms with Gasteiger partial charge in [-0.1, -0.05) is 12.1 Å². The fraction of sp³-hybridized carbons (Fsp3) is 0.412. The van der Waals surface area contributed by atoms with Gasteiger partial charge in [0, 0.05) is 30.1 Å². The van der Waals surface area contributed by atoms with Gasteiger partial charge in [0.05, 0.1) is 17.7 Å². The minimum atomic E-state index is -4.39. The fourth-order valence-electron chi connectivity index (χ4n) is 3.01. The topological polar surface area (TPSA) is 59.2 Å². The zero-order chi connectivity index (χ0) is 18.0. The predicted molar refractivity (Wildman–Crippen MR) is 90.0 cm³/mol. The van der Waals surface area contributed by atoms with Crippen LogP contribution < -0.4 is 5.73 Å². The van der Waals surface area contributed by atoms with Crippen LogP contribution in [0.4, 0.5) is 13.2 Å². The average molecular weight is 369 g/mol. The number of nitrogens with two attached hydrogens (primary N) is 1. The highest BCUT2D eigenvalue weighted by Crippen LogP contribution is 2.33. The molecule has 1 aliphatic heterocycles. The number of rotatable bonds is 4. The Balaban J connectivity index is 1.74. The first-order valence-electron chi connectivity index (χ1n) is 8.00. The molecule has 2 N–H and O–H groups in total. The number of hydrogen-bond acceptors (Lipinski definition) is 4. The number of likely N-dealkylation sites (tertiary alicyclic amines) is 1. The van der Waals surface area contributed by atoms with Crippen molar-refractivity contribution in [1.29, 1.82) is 0 Å². The lowest BCUT2D eigenvalue weighted by molar-refractivity contribution is -0.137. The van der Waals surface area contributed by atoms with Crippen molar-refractivity contribution in [2.24, 2.45) is 5.73 Å². The largest absolute Gasteiger partial charge is 0.416 e. The van der Waals surface area contributed by atoms with Gasteiger partial charge in [-0.15, -0.1) is 11.3 Å². The lowest BCUT2D eigenvalue weighted by Gasteiger charge is -2.23. The Morgan fingerprint density at radius 2 is 2.20 bits per heavy atom. The highest BCUT2D eigenvalue weighted by Gasteiger charge is 2.31. The molecule has 0 saturated carbocycles. The van der Waals surface area contributed by atoms with Crippen LogP contribution in [0.1, 0.15) is 24.1 Å². The molecule has 1 amide bonds. The molecule has 2 aromatic rings. The van der Waals surface area contributed by atoms with Gasteiger partial charge in [-0.2, -0.15) is 13.2 Å². The first-order valence-corrected chi connectivity index (χ1v) is 8.88. The zero-order valence-corrected chi connectivity index (χ0v) is 14.2. The van der Waals surface area contributed by atoms with Crippen LogP contribution in [-0.4, -0.2) is 34.9 Å². The molecule has 0 aliphatic carbocycles. The Morgan fingerprint density at radius 1 is 1.40 bits per heavy atom. The average Bonchev–Trinajstić information content (AvgIpc) is 3.23. The van der Waals surface area contributed by atoms with E-state index < -0.39 is 11.7 Å². The molecule has 1 saturated heterocycles. The molecule has 25 heavy (non-hydrogen) atoms. The van der Waals surface area contributed by atoms with E-state index in [1.807, 2.05) is 0 Å². The van der Waals surface area contributed by atoms with Crippen molar-refractivity contribution < 1.29 is 18.0 Å². The molecule has 8 heteroatoms. The summed E-state index contributed by atoms with van der Waals surface area (Å²) in [6.45, 7) is 1.14. The van der Waals surface area contributed by atoms with Gasteiger partial charge in [-0.25, -0.2) is 4.98 Å². The monoisotopic (exact) mass is 369 g/mol. The minimum Gasteiger partial charge on any atom is -0.338 e. The first-order chi connectivity index (χ1) is 11.9. The van der Waals surface area contributed by atoms with Gasteiger partial charge in [-0.3, -0.25) is 4.79 Å². The van der Waals surface area contributed by atoms with E-state index >= 15 is 0 Å². The molecule has 4 nitrogen and oxygen atoms in total. The Hall–Kier alpha value is -1.93. The highest BCUT2D eigenvalue weighted by atomic mass is 32.1. The third kappa shape index (κ3) is 4.01. The van der Waals surface area contributed by atoms with E-state index in [1.54, 1.807) is 16.3 Å². The van der Waals surface area contributed by atoms with Crippen molar-refractivity contribution in [3.05, 3.63) is 40.9 Å². The number of thiazole rings is 1. The summed E-state index contributed by atoms with van der Waals surface area (Å²) in [5, 5.41) is 2.20. The number of amides is 1.